The van der Waals surface area contributed by atoms with Crippen molar-refractivity contribution in [2.45, 2.75) is 25.9 Å². The molecule has 1 aliphatic heterocycles. The molecule has 1 heterocycles. The molecule has 0 fully saturated rings. The molecule has 1 aromatic carbocycles. The van der Waals surface area contributed by atoms with Gasteiger partial charge in [-0.25, -0.2) is 0 Å². The standard InChI is InChI=1S/C12H14F3N/c1-2-16-8-4-6-9-5-3-7-10(11(9)16)12(13,14)15/h3,5,7H,2,4,6,8H2,1H3. The van der Waals surface area contributed by atoms with E-state index in [-0.39, 0.29) is 0 Å². The highest BCUT2D eigenvalue weighted by Gasteiger charge is 2.36. The van der Waals surface area contributed by atoms with E-state index in [9.17, 15) is 13.2 Å². The van der Waals surface area contributed by atoms with E-state index in [1.807, 2.05) is 11.8 Å². The first-order valence-electron chi connectivity index (χ1n) is 5.48. The molecular formula is C12H14F3N. The van der Waals surface area contributed by atoms with Crippen molar-refractivity contribution in [2.24, 2.45) is 0 Å². The Morgan fingerprint density at radius 3 is 2.69 bits per heavy atom. The van der Waals surface area contributed by atoms with Crippen LogP contribution in [0.3, 0.4) is 0 Å². The summed E-state index contributed by atoms with van der Waals surface area (Å²) >= 11 is 0. The van der Waals surface area contributed by atoms with Crippen molar-refractivity contribution < 1.29 is 13.2 Å². The van der Waals surface area contributed by atoms with Crippen molar-refractivity contribution in [1.82, 2.24) is 0 Å². The van der Waals surface area contributed by atoms with Gasteiger partial charge < -0.3 is 4.90 Å². The third-order valence-corrected chi connectivity index (χ3v) is 3.00. The van der Waals surface area contributed by atoms with E-state index in [2.05, 4.69) is 0 Å². The first kappa shape index (κ1) is 11.3. The molecule has 2 rings (SSSR count). The summed E-state index contributed by atoms with van der Waals surface area (Å²) in [5.41, 5.74) is 0.721. The number of anilines is 1. The third-order valence-electron chi connectivity index (χ3n) is 3.00. The predicted molar refractivity (Wildman–Crippen MR) is 57.7 cm³/mol. The number of rotatable bonds is 1. The molecule has 0 amide bonds. The number of halogens is 3. The second kappa shape index (κ2) is 4.00. The Hall–Kier alpha value is -1.19. The summed E-state index contributed by atoms with van der Waals surface area (Å²) < 4.78 is 38.6. The summed E-state index contributed by atoms with van der Waals surface area (Å²) in [6.45, 7) is 3.24. The number of fused-ring (bicyclic) bond motifs is 1. The van der Waals surface area contributed by atoms with E-state index < -0.39 is 11.7 Å². The number of benzene rings is 1. The van der Waals surface area contributed by atoms with E-state index in [0.717, 1.165) is 24.9 Å². The predicted octanol–water partition coefficient (Wildman–Crippen LogP) is 3.48. The Bertz CT molecular complexity index is 384. The van der Waals surface area contributed by atoms with Gasteiger partial charge >= 0.3 is 6.18 Å². The van der Waals surface area contributed by atoms with Crippen LogP contribution in [-0.4, -0.2) is 13.1 Å². The van der Waals surface area contributed by atoms with E-state index in [4.69, 9.17) is 0 Å². The molecule has 0 spiro atoms. The van der Waals surface area contributed by atoms with Crippen LogP contribution in [0.1, 0.15) is 24.5 Å². The minimum absolute atomic E-state index is 0.392. The van der Waals surface area contributed by atoms with Gasteiger partial charge in [-0.2, -0.15) is 13.2 Å². The highest BCUT2D eigenvalue weighted by molar-refractivity contribution is 5.62. The van der Waals surface area contributed by atoms with Crippen LogP contribution in [0.4, 0.5) is 18.9 Å². The fourth-order valence-corrected chi connectivity index (χ4v) is 2.28. The number of aryl methyl sites for hydroxylation is 1. The van der Waals surface area contributed by atoms with Gasteiger partial charge in [0.2, 0.25) is 0 Å². The van der Waals surface area contributed by atoms with Gasteiger partial charge in [-0.3, -0.25) is 0 Å². The molecule has 0 saturated heterocycles. The smallest absolute Gasteiger partial charge is 0.371 e. The minimum atomic E-state index is -4.25. The monoisotopic (exact) mass is 229 g/mol. The molecule has 0 saturated carbocycles. The number of hydrogen-bond acceptors (Lipinski definition) is 1. The van der Waals surface area contributed by atoms with Crippen LogP contribution in [0.25, 0.3) is 0 Å². The molecule has 0 unspecified atom stereocenters. The highest BCUT2D eigenvalue weighted by atomic mass is 19.4. The number of alkyl halides is 3. The average Bonchev–Trinajstić information content (AvgIpc) is 2.26. The molecule has 88 valence electrons. The quantitative estimate of drug-likeness (QED) is 0.712. The van der Waals surface area contributed by atoms with Crippen LogP contribution < -0.4 is 4.90 Å². The Labute approximate surface area is 92.9 Å². The Balaban J connectivity index is 2.55. The summed E-state index contributed by atoms with van der Waals surface area (Å²) in [7, 11) is 0. The summed E-state index contributed by atoms with van der Waals surface area (Å²) in [6.07, 6.45) is -2.58. The lowest BCUT2D eigenvalue weighted by Crippen LogP contribution is -2.31. The molecular weight excluding hydrogens is 215 g/mol. The largest absolute Gasteiger partial charge is 0.418 e. The average molecular weight is 229 g/mol. The lowest BCUT2D eigenvalue weighted by Gasteiger charge is -2.32. The lowest BCUT2D eigenvalue weighted by molar-refractivity contribution is -0.137. The maximum atomic E-state index is 12.9. The Kier molecular flexibility index (Phi) is 2.82. The molecule has 0 aliphatic carbocycles. The van der Waals surface area contributed by atoms with Crippen molar-refractivity contribution >= 4 is 5.69 Å². The molecule has 1 nitrogen and oxygen atoms in total. The molecule has 0 radical (unpaired) electrons. The second-order valence-electron chi connectivity index (χ2n) is 3.99. The van der Waals surface area contributed by atoms with Crippen LogP contribution in [0.5, 0.6) is 0 Å². The summed E-state index contributed by atoms with van der Waals surface area (Å²) in [6, 6.07) is 4.47. The molecule has 0 atom stereocenters. The summed E-state index contributed by atoms with van der Waals surface area (Å²) in [4.78, 5) is 1.82. The fourth-order valence-electron chi connectivity index (χ4n) is 2.28. The Morgan fingerprint density at radius 1 is 1.31 bits per heavy atom. The van der Waals surface area contributed by atoms with Gasteiger partial charge in [0.1, 0.15) is 0 Å². The van der Waals surface area contributed by atoms with Crippen LogP contribution >= 0.6 is 0 Å². The molecule has 16 heavy (non-hydrogen) atoms. The van der Waals surface area contributed by atoms with Crippen molar-refractivity contribution in [1.29, 1.82) is 0 Å². The zero-order chi connectivity index (χ0) is 11.8. The lowest BCUT2D eigenvalue weighted by atomic mass is 9.97. The van der Waals surface area contributed by atoms with Gasteiger partial charge in [-0.05, 0) is 31.4 Å². The van der Waals surface area contributed by atoms with Crippen molar-refractivity contribution in [3.8, 4) is 0 Å². The van der Waals surface area contributed by atoms with E-state index in [1.165, 1.54) is 12.1 Å². The molecule has 4 heteroatoms. The third kappa shape index (κ3) is 1.88. The van der Waals surface area contributed by atoms with Crippen molar-refractivity contribution in [3.63, 3.8) is 0 Å². The van der Waals surface area contributed by atoms with Crippen LogP contribution in [0.15, 0.2) is 18.2 Å². The van der Waals surface area contributed by atoms with Crippen LogP contribution in [-0.2, 0) is 12.6 Å². The van der Waals surface area contributed by atoms with Gasteiger partial charge in [-0.1, -0.05) is 12.1 Å². The molecule has 0 N–H and O–H groups in total. The Morgan fingerprint density at radius 2 is 2.06 bits per heavy atom. The summed E-state index contributed by atoms with van der Waals surface area (Å²) in [5, 5.41) is 0. The van der Waals surface area contributed by atoms with Gasteiger partial charge in [-0.15, -0.1) is 0 Å². The van der Waals surface area contributed by atoms with E-state index in [1.54, 1.807) is 6.07 Å². The van der Waals surface area contributed by atoms with E-state index in [0.29, 0.717) is 12.2 Å². The maximum Gasteiger partial charge on any atom is 0.418 e. The highest BCUT2D eigenvalue weighted by Crippen LogP contribution is 2.40. The van der Waals surface area contributed by atoms with Gasteiger partial charge in [0.25, 0.3) is 0 Å². The maximum absolute atomic E-state index is 12.9. The van der Waals surface area contributed by atoms with Crippen LogP contribution in [0, 0.1) is 0 Å². The van der Waals surface area contributed by atoms with Crippen LogP contribution in [0.2, 0.25) is 0 Å². The first-order chi connectivity index (χ1) is 7.54. The second-order valence-corrected chi connectivity index (χ2v) is 3.99. The minimum Gasteiger partial charge on any atom is -0.371 e. The molecule has 1 aromatic rings. The zero-order valence-electron chi connectivity index (χ0n) is 9.14. The SMILES string of the molecule is CCN1CCCc2cccc(C(F)(F)F)c21. The zero-order valence-corrected chi connectivity index (χ0v) is 9.14. The number of para-hydroxylation sites is 1. The normalized spacial score (nSPS) is 16.1. The van der Waals surface area contributed by atoms with Gasteiger partial charge in [0, 0.05) is 13.1 Å². The fraction of sp³-hybridized carbons (Fsp3) is 0.500. The first-order valence-corrected chi connectivity index (χ1v) is 5.48. The van der Waals surface area contributed by atoms with Crippen molar-refractivity contribution in [2.75, 3.05) is 18.0 Å². The van der Waals surface area contributed by atoms with Gasteiger partial charge in [0.05, 0.1) is 11.3 Å². The summed E-state index contributed by atoms with van der Waals surface area (Å²) in [5.74, 6) is 0. The molecule has 1 aliphatic rings. The topological polar surface area (TPSA) is 3.24 Å². The number of hydrogen-bond donors (Lipinski definition) is 0. The number of nitrogens with zero attached hydrogens (tertiary/aromatic N) is 1. The van der Waals surface area contributed by atoms with E-state index >= 15 is 0 Å². The van der Waals surface area contributed by atoms with Crippen molar-refractivity contribution in [3.05, 3.63) is 29.3 Å². The molecule has 0 aromatic heterocycles. The van der Waals surface area contributed by atoms with Gasteiger partial charge in [0.15, 0.2) is 0 Å². The molecule has 0 bridgehead atoms.